The van der Waals surface area contributed by atoms with Gasteiger partial charge in [0.1, 0.15) is 5.69 Å². The van der Waals surface area contributed by atoms with E-state index in [0.29, 0.717) is 16.5 Å². The van der Waals surface area contributed by atoms with Crippen LogP contribution in [0.5, 0.6) is 0 Å². The first kappa shape index (κ1) is 19.3. The number of carbonyl (C=O) groups excluding carboxylic acids is 1. The van der Waals surface area contributed by atoms with Crippen molar-refractivity contribution in [3.05, 3.63) is 92.1 Å². The van der Waals surface area contributed by atoms with Gasteiger partial charge in [0.05, 0.1) is 0 Å². The van der Waals surface area contributed by atoms with Gasteiger partial charge in [-0.3, -0.25) is 4.79 Å². The van der Waals surface area contributed by atoms with E-state index in [9.17, 15) is 9.59 Å². The summed E-state index contributed by atoms with van der Waals surface area (Å²) in [4.78, 5) is 28.5. The zero-order chi connectivity index (χ0) is 19.4. The minimum Gasteiger partial charge on any atom is -0.348 e. The lowest BCUT2D eigenvalue weighted by Crippen LogP contribution is -2.38. The molecule has 3 aromatic rings. The van der Waals surface area contributed by atoms with Crippen LogP contribution in [-0.4, -0.2) is 21.9 Å². The van der Waals surface area contributed by atoms with Crippen LogP contribution >= 0.6 is 23.2 Å². The SMILES string of the molecule is C[C@@H](NC(=O)c1c[nH]c(=O)[nH]1)[C@H](Cc1ccc(Cl)cc1)c1ccc(Cl)cc1. The number of aromatic amines is 2. The molecule has 0 bridgehead atoms. The molecule has 0 saturated carbocycles. The Hall–Kier alpha value is -2.50. The number of hydrogen-bond acceptors (Lipinski definition) is 2. The second-order valence-electron chi connectivity index (χ2n) is 6.41. The summed E-state index contributed by atoms with van der Waals surface area (Å²) in [7, 11) is 0. The number of amides is 1. The van der Waals surface area contributed by atoms with Gasteiger partial charge in [0, 0.05) is 28.2 Å². The normalized spacial score (nSPS) is 13.1. The molecule has 0 fully saturated rings. The molecule has 1 heterocycles. The monoisotopic (exact) mass is 403 g/mol. The van der Waals surface area contributed by atoms with Gasteiger partial charge in [-0.2, -0.15) is 0 Å². The number of rotatable bonds is 6. The van der Waals surface area contributed by atoms with E-state index >= 15 is 0 Å². The summed E-state index contributed by atoms with van der Waals surface area (Å²) in [5, 5.41) is 4.30. The number of H-pyrrole nitrogens is 2. The van der Waals surface area contributed by atoms with Crippen LogP contribution in [0.4, 0.5) is 0 Å². The molecule has 0 unspecified atom stereocenters. The lowest BCUT2D eigenvalue weighted by Gasteiger charge is -2.26. The van der Waals surface area contributed by atoms with E-state index in [1.807, 2.05) is 55.5 Å². The molecule has 0 saturated heterocycles. The molecule has 2 atom stereocenters. The van der Waals surface area contributed by atoms with Gasteiger partial charge in [-0.05, 0) is 48.7 Å². The number of halogens is 2. The van der Waals surface area contributed by atoms with Crippen molar-refractivity contribution in [1.82, 2.24) is 15.3 Å². The second-order valence-corrected chi connectivity index (χ2v) is 7.28. The summed E-state index contributed by atoms with van der Waals surface area (Å²) in [5.41, 5.74) is 1.96. The Morgan fingerprint density at radius 2 is 1.63 bits per heavy atom. The molecule has 1 aromatic heterocycles. The van der Waals surface area contributed by atoms with Crippen molar-refractivity contribution in [3.63, 3.8) is 0 Å². The molecular formula is C20H19Cl2N3O2. The predicted molar refractivity (Wildman–Crippen MR) is 108 cm³/mol. The fourth-order valence-corrected chi connectivity index (χ4v) is 3.26. The zero-order valence-corrected chi connectivity index (χ0v) is 16.1. The minimum absolute atomic E-state index is 0.0121. The first-order valence-electron chi connectivity index (χ1n) is 8.51. The number of aromatic nitrogens is 2. The highest BCUT2D eigenvalue weighted by Crippen LogP contribution is 2.27. The summed E-state index contributed by atoms with van der Waals surface area (Å²) >= 11 is 12.0. The summed E-state index contributed by atoms with van der Waals surface area (Å²) in [5.74, 6) is -0.325. The molecule has 5 nitrogen and oxygen atoms in total. The van der Waals surface area contributed by atoms with Crippen molar-refractivity contribution in [2.24, 2.45) is 0 Å². The van der Waals surface area contributed by atoms with Gasteiger partial charge in [0.15, 0.2) is 0 Å². The molecule has 3 N–H and O–H groups in total. The van der Waals surface area contributed by atoms with E-state index in [-0.39, 0.29) is 23.6 Å². The van der Waals surface area contributed by atoms with Gasteiger partial charge in [-0.1, -0.05) is 47.5 Å². The topological polar surface area (TPSA) is 77.8 Å². The molecule has 0 aliphatic heterocycles. The molecule has 27 heavy (non-hydrogen) atoms. The van der Waals surface area contributed by atoms with Crippen LogP contribution in [0.2, 0.25) is 10.0 Å². The van der Waals surface area contributed by atoms with Crippen molar-refractivity contribution in [2.45, 2.75) is 25.3 Å². The number of nitrogens with one attached hydrogen (secondary N) is 3. The summed E-state index contributed by atoms with van der Waals surface area (Å²) < 4.78 is 0. The first-order chi connectivity index (χ1) is 12.9. The standard InChI is InChI=1S/C20H19Cl2N3O2/c1-12(24-19(26)18-11-23-20(27)25-18)17(14-4-8-16(22)9-5-14)10-13-2-6-15(21)7-3-13/h2-9,11-12,17H,10H2,1H3,(H,24,26)(H2,23,25,27)/t12-,17+/m1/s1. The Kier molecular flexibility index (Phi) is 6.04. The van der Waals surface area contributed by atoms with Crippen LogP contribution in [0.3, 0.4) is 0 Å². The van der Waals surface area contributed by atoms with Gasteiger partial charge in [-0.15, -0.1) is 0 Å². The van der Waals surface area contributed by atoms with E-state index in [1.54, 1.807) is 0 Å². The fraction of sp³-hybridized carbons (Fsp3) is 0.200. The maximum absolute atomic E-state index is 12.4. The molecule has 0 radical (unpaired) electrons. The van der Waals surface area contributed by atoms with Gasteiger partial charge >= 0.3 is 5.69 Å². The van der Waals surface area contributed by atoms with Gasteiger partial charge < -0.3 is 15.3 Å². The Balaban J connectivity index is 1.83. The number of benzene rings is 2. The van der Waals surface area contributed by atoms with Crippen molar-refractivity contribution in [3.8, 4) is 0 Å². The molecule has 1 amide bonds. The average Bonchev–Trinajstić information content (AvgIpc) is 3.08. The van der Waals surface area contributed by atoms with Crippen LogP contribution in [0.25, 0.3) is 0 Å². The summed E-state index contributed by atoms with van der Waals surface area (Å²) in [6.07, 6.45) is 2.07. The number of imidazole rings is 1. The lowest BCUT2D eigenvalue weighted by atomic mass is 9.86. The molecule has 3 rings (SSSR count). The highest BCUT2D eigenvalue weighted by molar-refractivity contribution is 6.30. The Morgan fingerprint density at radius 3 is 2.19 bits per heavy atom. The Bertz CT molecular complexity index is 962. The van der Waals surface area contributed by atoms with Crippen LogP contribution < -0.4 is 11.0 Å². The Labute approximate surface area is 166 Å². The van der Waals surface area contributed by atoms with Crippen LogP contribution in [-0.2, 0) is 6.42 Å². The molecule has 0 spiro atoms. The van der Waals surface area contributed by atoms with Crippen LogP contribution in [0.15, 0.2) is 59.5 Å². The molecule has 7 heteroatoms. The van der Waals surface area contributed by atoms with E-state index < -0.39 is 5.69 Å². The number of hydrogen-bond donors (Lipinski definition) is 3. The molecule has 0 aliphatic rings. The maximum atomic E-state index is 12.4. The van der Waals surface area contributed by atoms with Crippen LogP contribution in [0, 0.1) is 0 Å². The zero-order valence-electron chi connectivity index (χ0n) is 14.6. The van der Waals surface area contributed by atoms with Crippen molar-refractivity contribution in [1.29, 1.82) is 0 Å². The van der Waals surface area contributed by atoms with Crippen molar-refractivity contribution >= 4 is 29.1 Å². The third-order valence-corrected chi connectivity index (χ3v) is 4.97. The number of carbonyl (C=O) groups is 1. The van der Waals surface area contributed by atoms with E-state index in [1.165, 1.54) is 6.20 Å². The third kappa shape index (κ3) is 5.02. The largest absolute Gasteiger partial charge is 0.348 e. The van der Waals surface area contributed by atoms with Crippen molar-refractivity contribution < 1.29 is 4.79 Å². The smallest absolute Gasteiger partial charge is 0.323 e. The molecule has 0 aliphatic carbocycles. The summed E-state index contributed by atoms with van der Waals surface area (Å²) in [6.45, 7) is 1.94. The highest BCUT2D eigenvalue weighted by Gasteiger charge is 2.23. The fourth-order valence-electron chi connectivity index (χ4n) is 3.01. The van der Waals surface area contributed by atoms with Crippen molar-refractivity contribution in [2.75, 3.05) is 0 Å². The van der Waals surface area contributed by atoms with Gasteiger partial charge in [-0.25, -0.2) is 4.79 Å². The molecule has 140 valence electrons. The second kappa shape index (κ2) is 8.46. The summed E-state index contributed by atoms with van der Waals surface area (Å²) in [6, 6.07) is 15.1. The van der Waals surface area contributed by atoms with Gasteiger partial charge in [0.2, 0.25) is 0 Å². The quantitative estimate of drug-likeness (QED) is 0.577. The maximum Gasteiger partial charge on any atom is 0.323 e. The third-order valence-electron chi connectivity index (χ3n) is 4.47. The van der Waals surface area contributed by atoms with E-state index in [0.717, 1.165) is 11.1 Å². The highest BCUT2D eigenvalue weighted by atomic mass is 35.5. The van der Waals surface area contributed by atoms with Gasteiger partial charge in [0.25, 0.3) is 5.91 Å². The first-order valence-corrected chi connectivity index (χ1v) is 9.26. The average molecular weight is 404 g/mol. The Morgan fingerprint density at radius 1 is 1.04 bits per heavy atom. The molecule has 2 aromatic carbocycles. The van der Waals surface area contributed by atoms with E-state index in [2.05, 4.69) is 15.3 Å². The van der Waals surface area contributed by atoms with E-state index in [4.69, 9.17) is 23.2 Å². The van der Waals surface area contributed by atoms with Crippen LogP contribution in [0.1, 0.15) is 34.5 Å². The predicted octanol–water partition coefficient (Wildman–Crippen LogP) is 4.15. The minimum atomic E-state index is -0.414. The lowest BCUT2D eigenvalue weighted by molar-refractivity contribution is 0.0929. The molecular weight excluding hydrogens is 385 g/mol.